The zero-order chi connectivity index (χ0) is 16.8. The van der Waals surface area contributed by atoms with Crippen molar-refractivity contribution in [2.45, 2.75) is 37.7 Å². The van der Waals surface area contributed by atoms with E-state index in [0.29, 0.717) is 0 Å². The summed E-state index contributed by atoms with van der Waals surface area (Å²) in [5.74, 6) is 0.0591. The lowest BCUT2D eigenvalue weighted by molar-refractivity contribution is -0.914. The third-order valence-corrected chi connectivity index (χ3v) is 5.56. The average Bonchev–Trinajstić information content (AvgIpc) is 2.63. The van der Waals surface area contributed by atoms with Gasteiger partial charge in [-0.2, -0.15) is 0 Å². The summed E-state index contributed by atoms with van der Waals surface area (Å²) < 4.78 is 1.12. The van der Waals surface area contributed by atoms with Crippen molar-refractivity contribution in [3.8, 4) is 0 Å². The van der Waals surface area contributed by atoms with Gasteiger partial charge in [0.2, 0.25) is 0 Å². The molecule has 3 rings (SSSR count). The van der Waals surface area contributed by atoms with Gasteiger partial charge in [0.25, 0.3) is 0 Å². The number of hydrogen-bond acceptors (Lipinski definition) is 1. The van der Waals surface area contributed by atoms with Gasteiger partial charge < -0.3 is 33.6 Å². The van der Waals surface area contributed by atoms with Crippen LogP contribution in [0, 0.1) is 0 Å². The van der Waals surface area contributed by atoms with Crippen LogP contribution in [0.1, 0.15) is 42.7 Å². The topological polar surface area (TPSA) is 20.2 Å². The predicted octanol–water partition coefficient (Wildman–Crippen LogP) is 1.20. The van der Waals surface area contributed by atoms with Gasteiger partial charge in [-0.15, -0.1) is 0 Å². The quantitative estimate of drug-likeness (QED) is 0.517. The Balaban J connectivity index is 0.00000225. The van der Waals surface area contributed by atoms with Crippen molar-refractivity contribution in [1.82, 2.24) is 0 Å². The zero-order valence-corrected chi connectivity index (χ0v) is 17.3. The van der Waals surface area contributed by atoms with Gasteiger partial charge in [-0.3, -0.25) is 0 Å². The number of hydrogen-bond donors (Lipinski definition) is 1. The largest absolute Gasteiger partial charge is 1.00 e. The van der Waals surface area contributed by atoms with E-state index in [9.17, 15) is 5.11 Å². The van der Waals surface area contributed by atoms with Gasteiger partial charge in [-0.05, 0) is 30.4 Å². The van der Waals surface area contributed by atoms with E-state index < -0.39 is 0 Å². The second kappa shape index (κ2) is 9.70. The Labute approximate surface area is 169 Å². The van der Waals surface area contributed by atoms with Crippen molar-refractivity contribution in [3.05, 3.63) is 71.8 Å². The van der Waals surface area contributed by atoms with E-state index in [1.165, 1.54) is 43.5 Å². The number of quaternary nitrogens is 1. The highest BCUT2D eigenvalue weighted by Gasteiger charge is 2.29. The van der Waals surface area contributed by atoms with E-state index in [2.05, 4.69) is 55.6 Å². The van der Waals surface area contributed by atoms with E-state index >= 15 is 0 Å². The molecule has 0 aliphatic carbocycles. The fourth-order valence-corrected chi connectivity index (χ4v) is 4.07. The number of halogens is 1. The number of nitrogens with zero attached hydrogens (tertiary/aromatic N) is 1. The predicted molar refractivity (Wildman–Crippen MR) is 100.0 cm³/mol. The summed E-state index contributed by atoms with van der Waals surface area (Å²) in [5, 5.41) is 11.1. The van der Waals surface area contributed by atoms with Gasteiger partial charge in [0.05, 0.1) is 32.8 Å². The monoisotopic (exact) mass is 451 g/mol. The van der Waals surface area contributed by atoms with E-state index in [-0.39, 0.29) is 36.0 Å². The minimum absolute atomic E-state index is 0. The molecule has 0 aromatic heterocycles. The first-order chi connectivity index (χ1) is 11.7. The molecular formula is C22H30INO. The molecule has 1 atom stereocenters. The molecule has 2 aromatic rings. The molecule has 0 radical (unpaired) electrons. The average molecular weight is 451 g/mol. The van der Waals surface area contributed by atoms with Crippen LogP contribution in [-0.4, -0.2) is 42.4 Å². The van der Waals surface area contributed by atoms with E-state index in [1.54, 1.807) is 0 Å². The third kappa shape index (κ3) is 5.53. The highest BCUT2D eigenvalue weighted by molar-refractivity contribution is 5.33. The number of likely N-dealkylation sites (tertiary alicyclic amines) is 1. The highest BCUT2D eigenvalue weighted by atomic mass is 127. The van der Waals surface area contributed by atoms with Crippen LogP contribution in [0.5, 0.6) is 0 Å². The highest BCUT2D eigenvalue weighted by Crippen LogP contribution is 2.30. The minimum Gasteiger partial charge on any atom is -1.00 e. The number of piperidine rings is 1. The van der Waals surface area contributed by atoms with Gasteiger partial charge in [0, 0.05) is 12.3 Å². The van der Waals surface area contributed by atoms with Crippen molar-refractivity contribution in [2.75, 3.05) is 26.7 Å². The number of aliphatic hydroxyl groups excluding tert-OH is 1. The first-order valence-corrected chi connectivity index (χ1v) is 9.29. The second-order valence-electron chi connectivity index (χ2n) is 7.51. The van der Waals surface area contributed by atoms with E-state index in [0.717, 1.165) is 17.4 Å². The summed E-state index contributed by atoms with van der Waals surface area (Å²) in [6.07, 6.45) is 4.53. The summed E-state index contributed by atoms with van der Waals surface area (Å²) in [4.78, 5) is 0. The van der Waals surface area contributed by atoms with Gasteiger partial charge in [0.1, 0.15) is 0 Å². The molecule has 2 nitrogen and oxygen atoms in total. The lowest BCUT2D eigenvalue weighted by Crippen LogP contribution is -3.00. The summed E-state index contributed by atoms with van der Waals surface area (Å²) >= 11 is 0. The Kier molecular flexibility index (Phi) is 7.91. The summed E-state index contributed by atoms with van der Waals surface area (Å²) in [5.41, 5.74) is 2.41. The van der Waals surface area contributed by atoms with Crippen LogP contribution in [0.4, 0.5) is 0 Å². The van der Waals surface area contributed by atoms with Gasteiger partial charge in [-0.1, -0.05) is 60.7 Å². The van der Waals surface area contributed by atoms with Crippen LogP contribution < -0.4 is 24.0 Å². The van der Waals surface area contributed by atoms with Crippen LogP contribution in [0.3, 0.4) is 0 Å². The molecule has 0 saturated carbocycles. The Morgan fingerprint density at radius 2 is 1.32 bits per heavy atom. The molecule has 1 heterocycles. The van der Waals surface area contributed by atoms with Crippen LogP contribution in [0.25, 0.3) is 0 Å². The molecule has 1 unspecified atom stereocenters. The van der Waals surface area contributed by atoms with Crippen molar-refractivity contribution >= 4 is 0 Å². The van der Waals surface area contributed by atoms with Crippen molar-refractivity contribution in [1.29, 1.82) is 0 Å². The van der Waals surface area contributed by atoms with Crippen LogP contribution in [-0.2, 0) is 0 Å². The molecule has 1 saturated heterocycles. The summed E-state index contributed by atoms with van der Waals surface area (Å²) in [6, 6.07) is 20.9. The first-order valence-electron chi connectivity index (χ1n) is 9.29. The van der Waals surface area contributed by atoms with Crippen LogP contribution in [0.2, 0.25) is 0 Å². The maximum Gasteiger partial charge on any atom is 0.0809 e. The molecule has 2 aromatic carbocycles. The molecule has 1 N–H and O–H groups in total. The number of benzene rings is 2. The van der Waals surface area contributed by atoms with Gasteiger partial charge in [-0.25, -0.2) is 0 Å². The molecule has 136 valence electrons. The van der Waals surface area contributed by atoms with Crippen molar-refractivity contribution < 1.29 is 33.6 Å². The third-order valence-electron chi connectivity index (χ3n) is 5.56. The Morgan fingerprint density at radius 3 is 1.80 bits per heavy atom. The first kappa shape index (κ1) is 20.4. The molecule has 1 aliphatic heterocycles. The Hall–Kier alpha value is -0.910. The van der Waals surface area contributed by atoms with Crippen molar-refractivity contribution in [2.24, 2.45) is 0 Å². The Morgan fingerprint density at radius 1 is 0.840 bits per heavy atom. The maximum absolute atomic E-state index is 11.1. The van der Waals surface area contributed by atoms with Crippen LogP contribution in [0.15, 0.2) is 60.7 Å². The number of aliphatic hydroxyl groups is 1. The fourth-order valence-electron chi connectivity index (χ4n) is 4.07. The molecule has 3 heteroatoms. The van der Waals surface area contributed by atoms with E-state index in [4.69, 9.17) is 0 Å². The summed E-state index contributed by atoms with van der Waals surface area (Å²) in [6.45, 7) is 3.58. The summed E-state index contributed by atoms with van der Waals surface area (Å²) in [7, 11) is 2.35. The van der Waals surface area contributed by atoms with Gasteiger partial charge in [0.15, 0.2) is 0 Å². The van der Waals surface area contributed by atoms with E-state index in [1.807, 2.05) is 12.1 Å². The normalized spacial score (nSPS) is 17.7. The van der Waals surface area contributed by atoms with Crippen molar-refractivity contribution in [3.63, 3.8) is 0 Å². The Bertz CT molecular complexity index is 571. The molecule has 0 amide bonds. The lowest BCUT2D eigenvalue weighted by atomic mass is 9.85. The molecular weight excluding hydrogens is 421 g/mol. The molecule has 0 spiro atoms. The molecule has 1 fully saturated rings. The smallest absolute Gasteiger partial charge is 0.0809 e. The van der Waals surface area contributed by atoms with Crippen LogP contribution >= 0.6 is 0 Å². The minimum atomic E-state index is -0.341. The molecule has 0 bridgehead atoms. The zero-order valence-electron chi connectivity index (χ0n) is 15.2. The number of rotatable bonds is 6. The SMILES string of the molecule is C[N+]1(CCC(O)C(c2ccccc2)c2ccccc2)CCCCC1.[I-]. The molecule has 1 aliphatic rings. The fraction of sp³-hybridized carbons (Fsp3) is 0.455. The van der Waals surface area contributed by atoms with Gasteiger partial charge >= 0.3 is 0 Å². The molecule has 25 heavy (non-hydrogen) atoms. The standard InChI is InChI=1S/C22H30NO.HI/c1-23(16-9-4-10-17-23)18-15-21(24)22(19-11-5-2-6-12-19)20-13-7-3-8-14-20;/h2-3,5-8,11-14,21-22,24H,4,9-10,15-18H2,1H3;1H/q+1;/p-1. The maximum atomic E-state index is 11.1. The second-order valence-corrected chi connectivity index (χ2v) is 7.51. The lowest BCUT2D eigenvalue weighted by Gasteiger charge is -2.39.